The average Bonchev–Trinajstić information content (AvgIpc) is 2.01. The van der Waals surface area contributed by atoms with Crippen LogP contribution in [0.3, 0.4) is 0 Å². The van der Waals surface area contributed by atoms with Crippen LogP contribution in [-0.4, -0.2) is 12.6 Å². The van der Waals surface area contributed by atoms with Crippen LogP contribution < -0.4 is 0 Å². The second kappa shape index (κ2) is 6.89. The van der Waals surface area contributed by atoms with Crippen molar-refractivity contribution >= 4 is 5.97 Å². The molecule has 69 valence electrons. The van der Waals surface area contributed by atoms with Crippen molar-refractivity contribution < 1.29 is 9.53 Å². The number of unbranched alkanes of at least 4 members (excludes halogenated alkanes) is 1. The van der Waals surface area contributed by atoms with Gasteiger partial charge in [-0.2, -0.15) is 0 Å². The van der Waals surface area contributed by atoms with Gasteiger partial charge in [-0.25, -0.2) is 4.79 Å². The summed E-state index contributed by atoms with van der Waals surface area (Å²) in [6.45, 7) is 6.54. The SMILES string of the molecule is CCC/C=[C]\C(=O)OCC(C)C. The van der Waals surface area contributed by atoms with Gasteiger partial charge in [0.15, 0.2) is 0 Å². The highest BCUT2D eigenvalue weighted by molar-refractivity contribution is 5.77. The Morgan fingerprint density at radius 3 is 2.75 bits per heavy atom. The van der Waals surface area contributed by atoms with Gasteiger partial charge in [0, 0.05) is 0 Å². The Morgan fingerprint density at radius 2 is 2.25 bits per heavy atom. The first-order chi connectivity index (χ1) is 5.66. The molecule has 0 heterocycles. The van der Waals surface area contributed by atoms with Crippen LogP contribution in [0, 0.1) is 12.0 Å². The maximum atomic E-state index is 10.9. The van der Waals surface area contributed by atoms with Crippen LogP contribution >= 0.6 is 0 Å². The predicted molar refractivity (Wildman–Crippen MR) is 48.5 cm³/mol. The van der Waals surface area contributed by atoms with Crippen LogP contribution in [0.15, 0.2) is 6.08 Å². The molecule has 0 aliphatic rings. The third-order valence-corrected chi connectivity index (χ3v) is 1.20. The molecule has 0 aliphatic heterocycles. The number of hydrogen-bond acceptors (Lipinski definition) is 2. The maximum Gasteiger partial charge on any atom is 0.338 e. The lowest BCUT2D eigenvalue weighted by molar-refractivity contribution is -0.139. The van der Waals surface area contributed by atoms with Crippen molar-refractivity contribution in [1.29, 1.82) is 0 Å². The molecule has 0 saturated carbocycles. The van der Waals surface area contributed by atoms with Crippen molar-refractivity contribution in [3.63, 3.8) is 0 Å². The number of hydrogen-bond donors (Lipinski definition) is 0. The second-order valence-electron chi connectivity index (χ2n) is 3.13. The second-order valence-corrected chi connectivity index (χ2v) is 3.13. The molecule has 0 rings (SSSR count). The van der Waals surface area contributed by atoms with E-state index in [4.69, 9.17) is 4.74 Å². The minimum atomic E-state index is -0.350. The summed E-state index contributed by atoms with van der Waals surface area (Å²) >= 11 is 0. The van der Waals surface area contributed by atoms with Crippen molar-refractivity contribution in [2.75, 3.05) is 6.61 Å². The van der Waals surface area contributed by atoms with Crippen LogP contribution in [0.25, 0.3) is 0 Å². The summed E-state index contributed by atoms with van der Waals surface area (Å²) in [6.07, 6.45) is 6.20. The molecule has 1 radical (unpaired) electrons. The van der Waals surface area contributed by atoms with E-state index in [0.29, 0.717) is 12.5 Å². The first-order valence-corrected chi connectivity index (χ1v) is 4.41. The quantitative estimate of drug-likeness (QED) is 0.466. The molecule has 0 atom stereocenters. The van der Waals surface area contributed by atoms with Gasteiger partial charge in [0.25, 0.3) is 0 Å². The molecule has 0 aliphatic carbocycles. The molecule has 2 nitrogen and oxygen atoms in total. The lowest BCUT2D eigenvalue weighted by Crippen LogP contribution is -2.07. The fraction of sp³-hybridized carbons (Fsp3) is 0.700. The van der Waals surface area contributed by atoms with Crippen LogP contribution in [0.4, 0.5) is 0 Å². The van der Waals surface area contributed by atoms with Crippen LogP contribution in [0.2, 0.25) is 0 Å². The normalized spacial score (nSPS) is 11.0. The molecular formula is C10H17O2. The van der Waals surface area contributed by atoms with Gasteiger partial charge in [0.05, 0.1) is 12.7 Å². The van der Waals surface area contributed by atoms with Crippen LogP contribution in [0.1, 0.15) is 33.6 Å². The number of allylic oxidation sites excluding steroid dienone is 1. The summed E-state index contributed by atoms with van der Waals surface area (Å²) in [4.78, 5) is 10.9. The molecule has 0 amide bonds. The Kier molecular flexibility index (Phi) is 6.44. The number of rotatable bonds is 5. The molecule has 12 heavy (non-hydrogen) atoms. The molecule has 0 fully saturated rings. The molecular weight excluding hydrogens is 152 g/mol. The minimum absolute atomic E-state index is 0.350. The zero-order valence-corrected chi connectivity index (χ0v) is 8.09. The molecule has 0 aromatic rings. The first-order valence-electron chi connectivity index (χ1n) is 4.41. The molecule has 0 N–H and O–H groups in total. The first kappa shape index (κ1) is 11.2. The van der Waals surface area contributed by atoms with Gasteiger partial charge < -0.3 is 4.74 Å². The fourth-order valence-corrected chi connectivity index (χ4v) is 0.584. The molecule has 0 aromatic carbocycles. The Bertz CT molecular complexity index is 148. The van der Waals surface area contributed by atoms with Crippen molar-refractivity contribution in [3.8, 4) is 0 Å². The zero-order valence-electron chi connectivity index (χ0n) is 8.09. The van der Waals surface area contributed by atoms with E-state index in [1.807, 2.05) is 13.8 Å². The number of carbonyl (C=O) groups is 1. The lowest BCUT2D eigenvalue weighted by Gasteiger charge is -2.03. The number of ether oxygens (including phenoxy) is 1. The van der Waals surface area contributed by atoms with Crippen molar-refractivity contribution in [2.24, 2.45) is 5.92 Å². The van der Waals surface area contributed by atoms with E-state index in [-0.39, 0.29) is 5.97 Å². The highest BCUT2D eigenvalue weighted by atomic mass is 16.5. The fourth-order valence-electron chi connectivity index (χ4n) is 0.584. The highest BCUT2D eigenvalue weighted by Crippen LogP contribution is 1.94. The summed E-state index contributed by atoms with van der Waals surface area (Å²) in [5, 5.41) is 0. The van der Waals surface area contributed by atoms with E-state index in [1.165, 1.54) is 0 Å². The van der Waals surface area contributed by atoms with Crippen molar-refractivity contribution in [2.45, 2.75) is 33.6 Å². The predicted octanol–water partition coefficient (Wildman–Crippen LogP) is 2.35. The number of esters is 1. The monoisotopic (exact) mass is 169 g/mol. The molecule has 0 spiro atoms. The standard InChI is InChI=1S/C10H17O2/c1-4-5-6-7-10(11)12-8-9(2)3/h6,9H,4-5,8H2,1-3H3. The van der Waals surface area contributed by atoms with E-state index in [2.05, 4.69) is 13.0 Å². The Hall–Kier alpha value is -0.790. The summed E-state index contributed by atoms with van der Waals surface area (Å²) in [6, 6.07) is 0. The van der Waals surface area contributed by atoms with Gasteiger partial charge in [-0.15, -0.1) is 0 Å². The van der Waals surface area contributed by atoms with Gasteiger partial charge in [-0.3, -0.25) is 0 Å². The van der Waals surface area contributed by atoms with Gasteiger partial charge in [-0.05, 0) is 12.3 Å². The van der Waals surface area contributed by atoms with Gasteiger partial charge in [-0.1, -0.05) is 33.3 Å². The van der Waals surface area contributed by atoms with Crippen molar-refractivity contribution in [1.82, 2.24) is 0 Å². The Morgan fingerprint density at radius 1 is 1.58 bits per heavy atom. The highest BCUT2D eigenvalue weighted by Gasteiger charge is 1.98. The van der Waals surface area contributed by atoms with Gasteiger partial charge in [0.2, 0.25) is 0 Å². The Balaban J connectivity index is 3.46. The summed E-state index contributed by atoms with van der Waals surface area (Å²) in [5.74, 6) is 0.0408. The summed E-state index contributed by atoms with van der Waals surface area (Å²) in [5.41, 5.74) is 0. The summed E-state index contributed by atoms with van der Waals surface area (Å²) < 4.78 is 4.87. The molecule has 0 unspecified atom stereocenters. The van der Waals surface area contributed by atoms with Crippen LogP contribution in [0.5, 0.6) is 0 Å². The molecule has 0 bridgehead atoms. The largest absolute Gasteiger partial charge is 0.462 e. The third-order valence-electron chi connectivity index (χ3n) is 1.20. The zero-order chi connectivity index (χ0) is 9.40. The average molecular weight is 169 g/mol. The smallest absolute Gasteiger partial charge is 0.338 e. The Labute approximate surface area is 74.6 Å². The lowest BCUT2D eigenvalue weighted by atomic mass is 10.2. The van der Waals surface area contributed by atoms with E-state index < -0.39 is 0 Å². The third kappa shape index (κ3) is 7.32. The van der Waals surface area contributed by atoms with E-state index in [1.54, 1.807) is 6.08 Å². The molecule has 0 saturated heterocycles. The van der Waals surface area contributed by atoms with Crippen LogP contribution in [-0.2, 0) is 9.53 Å². The maximum absolute atomic E-state index is 10.9. The molecule has 0 aromatic heterocycles. The topological polar surface area (TPSA) is 26.3 Å². The molecule has 2 heteroatoms. The minimum Gasteiger partial charge on any atom is -0.462 e. The van der Waals surface area contributed by atoms with E-state index in [0.717, 1.165) is 12.8 Å². The van der Waals surface area contributed by atoms with Gasteiger partial charge >= 0.3 is 5.97 Å². The number of carbonyl (C=O) groups excluding carboxylic acids is 1. The van der Waals surface area contributed by atoms with E-state index >= 15 is 0 Å². The summed E-state index contributed by atoms with van der Waals surface area (Å²) in [7, 11) is 0. The van der Waals surface area contributed by atoms with E-state index in [9.17, 15) is 4.79 Å². The van der Waals surface area contributed by atoms with Crippen molar-refractivity contribution in [3.05, 3.63) is 12.2 Å². The van der Waals surface area contributed by atoms with Gasteiger partial charge in [0.1, 0.15) is 0 Å².